The van der Waals surface area contributed by atoms with Crippen LogP contribution in [0.5, 0.6) is 0 Å². The molecule has 0 bridgehead atoms. The summed E-state index contributed by atoms with van der Waals surface area (Å²) < 4.78 is 0. The average Bonchev–Trinajstić information content (AvgIpc) is 1.80. The molecule has 0 aromatic carbocycles. The van der Waals surface area contributed by atoms with Crippen molar-refractivity contribution in [2.24, 2.45) is 11.7 Å². The van der Waals surface area contributed by atoms with Gasteiger partial charge in [0, 0.05) is 10.9 Å². The zero-order valence-electron chi connectivity index (χ0n) is 5.41. The van der Waals surface area contributed by atoms with E-state index in [9.17, 15) is 0 Å². The third-order valence-electron chi connectivity index (χ3n) is 1.48. The minimum atomic E-state index is 0.345. The lowest BCUT2D eigenvalue weighted by atomic mass is 10.0. The van der Waals surface area contributed by atoms with E-state index in [1.165, 1.54) is 0 Å². The molecule has 1 aliphatic carbocycles. The van der Waals surface area contributed by atoms with Crippen LogP contribution in [0.4, 0.5) is 0 Å². The number of nitrogens with two attached hydrogens (primary N) is 1. The highest BCUT2D eigenvalue weighted by molar-refractivity contribution is 7.81. The molecule has 2 atom stereocenters. The van der Waals surface area contributed by atoms with E-state index in [1.807, 2.05) is 18.2 Å². The van der Waals surface area contributed by atoms with E-state index in [0.717, 1.165) is 5.70 Å². The minimum Gasteiger partial charge on any atom is -0.399 e. The Balaban J connectivity index is 2.70. The molecule has 0 aromatic heterocycles. The molecule has 0 amide bonds. The molecule has 0 aliphatic heterocycles. The summed E-state index contributed by atoms with van der Waals surface area (Å²) in [5.41, 5.74) is 6.38. The molecule has 2 heteroatoms. The van der Waals surface area contributed by atoms with Crippen LogP contribution in [0.3, 0.4) is 0 Å². The molecular weight excluding hydrogens is 130 g/mol. The van der Waals surface area contributed by atoms with Gasteiger partial charge in [-0.15, -0.1) is 0 Å². The lowest BCUT2D eigenvalue weighted by Crippen LogP contribution is -2.12. The van der Waals surface area contributed by atoms with Crippen molar-refractivity contribution in [3.05, 3.63) is 23.9 Å². The molecule has 2 N–H and O–H groups in total. The zero-order chi connectivity index (χ0) is 6.85. The van der Waals surface area contributed by atoms with Crippen LogP contribution >= 0.6 is 12.6 Å². The van der Waals surface area contributed by atoms with Crippen molar-refractivity contribution in [3.8, 4) is 0 Å². The maximum absolute atomic E-state index is 5.53. The fourth-order valence-corrected chi connectivity index (χ4v) is 1.01. The van der Waals surface area contributed by atoms with Gasteiger partial charge in [0.25, 0.3) is 0 Å². The first-order valence-electron chi connectivity index (χ1n) is 3.03. The monoisotopic (exact) mass is 141 g/mol. The zero-order valence-corrected chi connectivity index (χ0v) is 6.31. The normalized spacial score (nSPS) is 34.2. The van der Waals surface area contributed by atoms with Crippen molar-refractivity contribution >= 4 is 12.6 Å². The summed E-state index contributed by atoms with van der Waals surface area (Å²) in [4.78, 5) is 0. The fraction of sp³-hybridized carbons (Fsp3) is 0.429. The summed E-state index contributed by atoms with van der Waals surface area (Å²) in [5.74, 6) is 0.471. The van der Waals surface area contributed by atoms with Crippen molar-refractivity contribution in [1.29, 1.82) is 0 Å². The van der Waals surface area contributed by atoms with Gasteiger partial charge in [-0.3, -0.25) is 0 Å². The molecule has 0 spiro atoms. The van der Waals surface area contributed by atoms with Gasteiger partial charge >= 0.3 is 0 Å². The van der Waals surface area contributed by atoms with E-state index < -0.39 is 0 Å². The number of thiol groups is 1. The van der Waals surface area contributed by atoms with Crippen molar-refractivity contribution in [2.45, 2.75) is 12.2 Å². The Kier molecular flexibility index (Phi) is 1.86. The molecule has 0 fully saturated rings. The van der Waals surface area contributed by atoms with Gasteiger partial charge in [-0.1, -0.05) is 19.1 Å². The topological polar surface area (TPSA) is 26.0 Å². The Morgan fingerprint density at radius 3 is 2.78 bits per heavy atom. The standard InChI is InChI=1S/C7H11NS/c1-5-4-6(8)2-3-7(5)9/h2-5,7,9H,8H2,1H3. The summed E-state index contributed by atoms with van der Waals surface area (Å²) in [6.45, 7) is 2.11. The van der Waals surface area contributed by atoms with Crippen LogP contribution in [0, 0.1) is 5.92 Å². The van der Waals surface area contributed by atoms with Crippen LogP contribution in [0.2, 0.25) is 0 Å². The molecule has 0 saturated carbocycles. The van der Waals surface area contributed by atoms with Crippen molar-refractivity contribution in [2.75, 3.05) is 0 Å². The molecule has 1 aliphatic rings. The van der Waals surface area contributed by atoms with Gasteiger partial charge in [-0.05, 0) is 12.0 Å². The SMILES string of the molecule is CC1C=C(N)C=CC1S. The highest BCUT2D eigenvalue weighted by Gasteiger charge is 2.10. The summed E-state index contributed by atoms with van der Waals surface area (Å²) >= 11 is 4.31. The third kappa shape index (κ3) is 1.52. The minimum absolute atomic E-state index is 0.345. The van der Waals surface area contributed by atoms with Crippen LogP contribution in [0.1, 0.15) is 6.92 Å². The molecule has 1 nitrogen and oxygen atoms in total. The van der Waals surface area contributed by atoms with Crippen LogP contribution in [-0.4, -0.2) is 5.25 Å². The van der Waals surface area contributed by atoms with E-state index in [4.69, 9.17) is 5.73 Å². The highest BCUT2D eigenvalue weighted by Crippen LogP contribution is 2.18. The number of rotatable bonds is 0. The summed E-state index contributed by atoms with van der Waals surface area (Å²) in [5, 5.41) is 0.345. The molecule has 0 radical (unpaired) electrons. The first-order chi connectivity index (χ1) is 4.20. The Labute approximate surface area is 61.0 Å². The maximum Gasteiger partial charge on any atom is 0.0273 e. The number of hydrogen-bond donors (Lipinski definition) is 2. The second-order valence-corrected chi connectivity index (χ2v) is 2.97. The molecule has 0 aromatic rings. The Morgan fingerprint density at radius 2 is 2.33 bits per heavy atom. The molecular formula is C7H11NS. The summed E-state index contributed by atoms with van der Waals surface area (Å²) in [7, 11) is 0. The van der Waals surface area contributed by atoms with Gasteiger partial charge < -0.3 is 5.73 Å². The smallest absolute Gasteiger partial charge is 0.0273 e. The van der Waals surface area contributed by atoms with Gasteiger partial charge in [0.05, 0.1) is 0 Å². The predicted octanol–water partition coefficient (Wildman–Crippen LogP) is 1.33. The van der Waals surface area contributed by atoms with E-state index in [-0.39, 0.29) is 0 Å². The van der Waals surface area contributed by atoms with Crippen LogP contribution in [0.15, 0.2) is 23.9 Å². The fourth-order valence-electron chi connectivity index (χ4n) is 0.843. The number of allylic oxidation sites excluding steroid dienone is 2. The second-order valence-electron chi connectivity index (χ2n) is 2.38. The van der Waals surface area contributed by atoms with E-state index in [1.54, 1.807) is 0 Å². The largest absolute Gasteiger partial charge is 0.399 e. The maximum atomic E-state index is 5.53. The molecule has 0 saturated heterocycles. The third-order valence-corrected chi connectivity index (χ3v) is 2.12. The Morgan fingerprint density at radius 1 is 1.67 bits per heavy atom. The summed E-state index contributed by atoms with van der Waals surface area (Å²) in [6.07, 6.45) is 5.94. The first kappa shape index (κ1) is 6.75. The lowest BCUT2D eigenvalue weighted by Gasteiger charge is -2.15. The molecule has 50 valence electrons. The molecule has 1 rings (SSSR count). The van der Waals surface area contributed by atoms with Gasteiger partial charge in [0.15, 0.2) is 0 Å². The second kappa shape index (κ2) is 2.48. The van der Waals surface area contributed by atoms with Gasteiger partial charge in [-0.2, -0.15) is 12.6 Å². The average molecular weight is 141 g/mol. The van der Waals surface area contributed by atoms with Gasteiger partial charge in [-0.25, -0.2) is 0 Å². The quantitative estimate of drug-likeness (QED) is 0.489. The first-order valence-corrected chi connectivity index (χ1v) is 3.55. The van der Waals surface area contributed by atoms with Crippen LogP contribution in [-0.2, 0) is 0 Å². The molecule has 9 heavy (non-hydrogen) atoms. The van der Waals surface area contributed by atoms with Crippen molar-refractivity contribution in [3.63, 3.8) is 0 Å². The van der Waals surface area contributed by atoms with Crippen LogP contribution < -0.4 is 5.73 Å². The Bertz CT molecular complexity index is 160. The number of hydrogen-bond acceptors (Lipinski definition) is 2. The van der Waals surface area contributed by atoms with Gasteiger partial charge in [0.1, 0.15) is 0 Å². The van der Waals surface area contributed by atoms with E-state index >= 15 is 0 Å². The summed E-state index contributed by atoms with van der Waals surface area (Å²) in [6, 6.07) is 0. The highest BCUT2D eigenvalue weighted by atomic mass is 32.1. The Hall–Kier alpha value is -0.370. The van der Waals surface area contributed by atoms with E-state index in [2.05, 4.69) is 19.6 Å². The van der Waals surface area contributed by atoms with Crippen molar-refractivity contribution < 1.29 is 0 Å². The lowest BCUT2D eigenvalue weighted by molar-refractivity contribution is 0.747. The molecule has 0 heterocycles. The van der Waals surface area contributed by atoms with E-state index in [0.29, 0.717) is 11.2 Å². The van der Waals surface area contributed by atoms with Gasteiger partial charge in [0.2, 0.25) is 0 Å². The predicted molar refractivity (Wildman–Crippen MR) is 43.3 cm³/mol. The molecule has 2 unspecified atom stereocenters. The van der Waals surface area contributed by atoms with Crippen LogP contribution in [0.25, 0.3) is 0 Å². The van der Waals surface area contributed by atoms with Crippen molar-refractivity contribution in [1.82, 2.24) is 0 Å².